The Balaban J connectivity index is 1.73. The van der Waals surface area contributed by atoms with Crippen LogP contribution in [0.2, 0.25) is 0 Å². The highest BCUT2D eigenvalue weighted by atomic mass is 16.1. The Kier molecular flexibility index (Phi) is 4.05. The van der Waals surface area contributed by atoms with Crippen molar-refractivity contribution in [1.82, 2.24) is 30.5 Å². The number of nitrogens with zero attached hydrogens (tertiary/aromatic N) is 5. The fourth-order valence-electron chi connectivity index (χ4n) is 1.85. The van der Waals surface area contributed by atoms with E-state index in [1.807, 2.05) is 6.07 Å². The molecule has 0 saturated carbocycles. The van der Waals surface area contributed by atoms with Crippen LogP contribution in [0.1, 0.15) is 16.1 Å². The third kappa shape index (κ3) is 3.26. The maximum Gasteiger partial charge on any atom is 0.270 e. The first kappa shape index (κ1) is 13.7. The van der Waals surface area contributed by atoms with Crippen molar-refractivity contribution in [2.45, 2.75) is 6.54 Å². The zero-order valence-electron chi connectivity index (χ0n) is 11.5. The molecule has 3 aromatic rings. The van der Waals surface area contributed by atoms with Crippen molar-refractivity contribution in [3.63, 3.8) is 0 Å². The van der Waals surface area contributed by atoms with Crippen LogP contribution in [-0.2, 0) is 6.54 Å². The molecule has 3 heterocycles. The summed E-state index contributed by atoms with van der Waals surface area (Å²) in [7, 11) is 0. The number of nitrogens with one attached hydrogen (secondary N) is 1. The quantitative estimate of drug-likeness (QED) is 0.778. The highest BCUT2D eigenvalue weighted by molar-refractivity contribution is 5.92. The Morgan fingerprint density at radius 3 is 2.68 bits per heavy atom. The lowest BCUT2D eigenvalue weighted by molar-refractivity contribution is 0.0946. The predicted octanol–water partition coefficient (Wildman–Crippen LogP) is 1.26. The van der Waals surface area contributed by atoms with Gasteiger partial charge in [-0.15, -0.1) is 0 Å². The largest absolute Gasteiger partial charge is 0.347 e. The molecule has 0 bridgehead atoms. The van der Waals surface area contributed by atoms with Crippen molar-refractivity contribution in [2.75, 3.05) is 0 Å². The number of amides is 1. The molecule has 0 unspecified atom stereocenters. The standard InChI is InChI=1S/C15H12N6O/c22-15(18-6-11-4-5-19-20-7-11)14-3-1-2-13(21-14)12-8-16-10-17-9-12/h1-5,7-10H,6H2,(H,18,22). The van der Waals surface area contributed by atoms with Gasteiger partial charge in [-0.3, -0.25) is 4.79 Å². The van der Waals surface area contributed by atoms with Gasteiger partial charge in [-0.2, -0.15) is 10.2 Å². The molecule has 108 valence electrons. The predicted molar refractivity (Wildman–Crippen MR) is 78.5 cm³/mol. The number of hydrogen-bond acceptors (Lipinski definition) is 6. The van der Waals surface area contributed by atoms with Crippen molar-refractivity contribution in [3.8, 4) is 11.3 Å². The van der Waals surface area contributed by atoms with Gasteiger partial charge in [0, 0.05) is 30.7 Å². The summed E-state index contributed by atoms with van der Waals surface area (Å²) < 4.78 is 0. The zero-order valence-corrected chi connectivity index (χ0v) is 11.5. The Hall–Kier alpha value is -3.22. The molecule has 0 aliphatic carbocycles. The fraction of sp³-hybridized carbons (Fsp3) is 0.0667. The third-order valence-electron chi connectivity index (χ3n) is 2.94. The summed E-state index contributed by atoms with van der Waals surface area (Å²) in [5, 5.41) is 10.2. The highest BCUT2D eigenvalue weighted by Crippen LogP contribution is 2.14. The van der Waals surface area contributed by atoms with Gasteiger partial charge in [0.25, 0.3) is 5.91 Å². The Bertz CT molecular complexity index is 763. The average Bonchev–Trinajstić information content (AvgIpc) is 2.61. The van der Waals surface area contributed by atoms with Crippen LogP contribution in [0.5, 0.6) is 0 Å². The maximum atomic E-state index is 12.2. The minimum absolute atomic E-state index is 0.254. The SMILES string of the molecule is O=C(NCc1ccnnc1)c1cccc(-c2cncnc2)n1. The molecule has 1 N–H and O–H groups in total. The lowest BCUT2D eigenvalue weighted by Gasteiger charge is -2.06. The van der Waals surface area contributed by atoms with Crippen molar-refractivity contribution in [3.05, 3.63) is 66.6 Å². The van der Waals surface area contributed by atoms with Gasteiger partial charge in [-0.05, 0) is 23.8 Å². The van der Waals surface area contributed by atoms with Gasteiger partial charge >= 0.3 is 0 Å². The molecule has 0 aromatic carbocycles. The molecule has 7 nitrogen and oxygen atoms in total. The van der Waals surface area contributed by atoms with Crippen LogP contribution in [0, 0.1) is 0 Å². The first-order chi connectivity index (χ1) is 10.8. The molecule has 0 spiro atoms. The summed E-state index contributed by atoms with van der Waals surface area (Å²) in [6.07, 6.45) is 7.93. The van der Waals surface area contributed by atoms with Gasteiger partial charge in [0.05, 0.1) is 11.9 Å². The van der Waals surface area contributed by atoms with E-state index in [0.29, 0.717) is 17.9 Å². The minimum Gasteiger partial charge on any atom is -0.347 e. The van der Waals surface area contributed by atoms with Crippen LogP contribution in [0.3, 0.4) is 0 Å². The van der Waals surface area contributed by atoms with Crippen molar-refractivity contribution < 1.29 is 4.79 Å². The van der Waals surface area contributed by atoms with Gasteiger partial charge in [-0.1, -0.05) is 6.07 Å². The van der Waals surface area contributed by atoms with Crippen LogP contribution in [0.25, 0.3) is 11.3 Å². The Morgan fingerprint density at radius 2 is 1.91 bits per heavy atom. The van der Waals surface area contributed by atoms with Crippen molar-refractivity contribution in [1.29, 1.82) is 0 Å². The van der Waals surface area contributed by atoms with E-state index >= 15 is 0 Å². The van der Waals surface area contributed by atoms with Gasteiger partial charge in [-0.25, -0.2) is 15.0 Å². The highest BCUT2D eigenvalue weighted by Gasteiger charge is 2.09. The summed E-state index contributed by atoms with van der Waals surface area (Å²) in [5.74, 6) is -0.254. The molecule has 0 aliphatic rings. The molecule has 3 rings (SSSR count). The summed E-state index contributed by atoms with van der Waals surface area (Å²) in [6, 6.07) is 7.03. The monoisotopic (exact) mass is 292 g/mol. The smallest absolute Gasteiger partial charge is 0.270 e. The number of hydrogen-bond donors (Lipinski definition) is 1. The number of rotatable bonds is 4. The van der Waals surface area contributed by atoms with Crippen LogP contribution >= 0.6 is 0 Å². The molecule has 0 fully saturated rings. The second-order valence-corrected chi connectivity index (χ2v) is 4.47. The van der Waals surface area contributed by atoms with Gasteiger partial charge in [0.15, 0.2) is 0 Å². The molecular weight excluding hydrogens is 280 g/mol. The third-order valence-corrected chi connectivity index (χ3v) is 2.94. The lowest BCUT2D eigenvalue weighted by atomic mass is 10.2. The number of pyridine rings is 1. The number of aromatic nitrogens is 5. The molecule has 22 heavy (non-hydrogen) atoms. The Labute approximate surface area is 126 Å². The van der Waals surface area contributed by atoms with E-state index in [0.717, 1.165) is 11.1 Å². The van der Waals surface area contributed by atoms with E-state index in [1.165, 1.54) is 6.33 Å². The first-order valence-corrected chi connectivity index (χ1v) is 6.59. The summed E-state index contributed by atoms with van der Waals surface area (Å²) in [4.78, 5) is 24.4. The van der Waals surface area contributed by atoms with E-state index in [2.05, 4.69) is 30.5 Å². The summed E-state index contributed by atoms with van der Waals surface area (Å²) in [5.41, 5.74) is 2.62. The van der Waals surface area contributed by atoms with E-state index in [4.69, 9.17) is 0 Å². The Morgan fingerprint density at radius 1 is 1.05 bits per heavy atom. The van der Waals surface area contributed by atoms with Gasteiger partial charge in [0.2, 0.25) is 0 Å². The molecule has 0 atom stereocenters. The van der Waals surface area contributed by atoms with E-state index in [-0.39, 0.29) is 5.91 Å². The molecule has 0 radical (unpaired) electrons. The van der Waals surface area contributed by atoms with E-state index < -0.39 is 0 Å². The van der Waals surface area contributed by atoms with Gasteiger partial charge < -0.3 is 5.32 Å². The minimum atomic E-state index is -0.254. The second-order valence-electron chi connectivity index (χ2n) is 4.47. The van der Waals surface area contributed by atoms with Crippen LogP contribution in [0.4, 0.5) is 0 Å². The molecule has 3 aromatic heterocycles. The van der Waals surface area contributed by atoms with E-state index in [1.54, 1.807) is 43.0 Å². The summed E-state index contributed by atoms with van der Waals surface area (Å²) in [6.45, 7) is 0.370. The van der Waals surface area contributed by atoms with Crippen LogP contribution in [0.15, 0.2) is 55.4 Å². The average molecular weight is 292 g/mol. The number of carbonyl (C=O) groups is 1. The van der Waals surface area contributed by atoms with Gasteiger partial charge in [0.1, 0.15) is 12.0 Å². The van der Waals surface area contributed by atoms with Crippen molar-refractivity contribution in [2.24, 2.45) is 0 Å². The van der Waals surface area contributed by atoms with Crippen LogP contribution in [-0.4, -0.2) is 31.1 Å². The van der Waals surface area contributed by atoms with Crippen molar-refractivity contribution >= 4 is 5.91 Å². The van der Waals surface area contributed by atoms with E-state index in [9.17, 15) is 4.79 Å². The second kappa shape index (κ2) is 6.49. The molecule has 1 amide bonds. The maximum absolute atomic E-state index is 12.2. The topological polar surface area (TPSA) is 93.6 Å². The molecular formula is C15H12N6O. The first-order valence-electron chi connectivity index (χ1n) is 6.59. The normalized spacial score (nSPS) is 10.2. The van der Waals surface area contributed by atoms with Crippen LogP contribution < -0.4 is 5.32 Å². The molecule has 7 heteroatoms. The summed E-state index contributed by atoms with van der Waals surface area (Å²) >= 11 is 0. The molecule has 0 saturated heterocycles. The molecule has 0 aliphatic heterocycles. The zero-order chi connectivity index (χ0) is 15.2. The fourth-order valence-corrected chi connectivity index (χ4v) is 1.85. The number of carbonyl (C=O) groups excluding carboxylic acids is 1. The lowest BCUT2D eigenvalue weighted by Crippen LogP contribution is -2.24.